The molecule has 3 atom stereocenters. The van der Waals surface area contributed by atoms with Crippen molar-refractivity contribution in [3.63, 3.8) is 0 Å². The molecule has 1 amide bonds. The summed E-state index contributed by atoms with van der Waals surface area (Å²) >= 11 is 0. The van der Waals surface area contributed by atoms with Crippen LogP contribution in [0, 0.1) is 5.92 Å². The molecule has 0 radical (unpaired) electrons. The Labute approximate surface area is 160 Å². The fourth-order valence-electron chi connectivity index (χ4n) is 4.80. The molecule has 1 heterocycles. The Morgan fingerprint density at radius 1 is 1.04 bits per heavy atom. The number of hydrogen-bond acceptors (Lipinski definition) is 3. The second-order valence-corrected chi connectivity index (χ2v) is 7.73. The van der Waals surface area contributed by atoms with E-state index in [9.17, 15) is 9.90 Å². The van der Waals surface area contributed by atoms with Crippen molar-refractivity contribution in [2.45, 2.75) is 50.4 Å². The molecule has 142 valence electrons. The Morgan fingerprint density at radius 2 is 1.70 bits per heavy atom. The van der Waals surface area contributed by atoms with E-state index < -0.39 is 5.60 Å². The SMILES string of the molecule is O=C(OCc1ccccc1)N1CC[C@](O)(c2ccccc2)[C@H]2CCCC[C@H]21. The van der Waals surface area contributed by atoms with Crippen molar-refractivity contribution in [2.24, 2.45) is 5.92 Å². The highest BCUT2D eigenvalue weighted by atomic mass is 16.6. The molecule has 1 saturated heterocycles. The Balaban J connectivity index is 1.50. The van der Waals surface area contributed by atoms with Crippen molar-refractivity contribution >= 4 is 6.09 Å². The summed E-state index contributed by atoms with van der Waals surface area (Å²) in [5.74, 6) is 0.0617. The molecule has 27 heavy (non-hydrogen) atoms. The molecule has 2 aliphatic rings. The number of nitrogens with zero attached hydrogens (tertiary/aromatic N) is 1. The van der Waals surface area contributed by atoms with Gasteiger partial charge in [0.15, 0.2) is 0 Å². The topological polar surface area (TPSA) is 49.8 Å². The molecule has 1 aliphatic carbocycles. The average molecular weight is 365 g/mol. The number of benzene rings is 2. The predicted molar refractivity (Wildman–Crippen MR) is 104 cm³/mol. The van der Waals surface area contributed by atoms with E-state index in [2.05, 4.69) is 0 Å². The van der Waals surface area contributed by atoms with E-state index in [1.165, 1.54) is 0 Å². The van der Waals surface area contributed by atoms with Crippen LogP contribution >= 0.6 is 0 Å². The average Bonchev–Trinajstić information content (AvgIpc) is 2.74. The molecule has 4 rings (SSSR count). The maximum absolute atomic E-state index is 12.8. The number of ether oxygens (including phenoxy) is 1. The summed E-state index contributed by atoms with van der Waals surface area (Å²) in [7, 11) is 0. The monoisotopic (exact) mass is 365 g/mol. The van der Waals surface area contributed by atoms with Gasteiger partial charge in [-0.15, -0.1) is 0 Å². The third kappa shape index (κ3) is 3.59. The molecule has 1 N–H and O–H groups in total. The number of aliphatic hydroxyl groups is 1. The van der Waals surface area contributed by atoms with E-state index in [1.807, 2.05) is 65.6 Å². The summed E-state index contributed by atoms with van der Waals surface area (Å²) in [4.78, 5) is 14.7. The first-order chi connectivity index (χ1) is 13.2. The maximum Gasteiger partial charge on any atom is 0.410 e. The van der Waals surface area contributed by atoms with Crippen LogP contribution in [-0.4, -0.2) is 28.7 Å². The summed E-state index contributed by atoms with van der Waals surface area (Å²) in [6.07, 6.45) is 4.36. The molecule has 0 bridgehead atoms. The molecule has 4 nitrogen and oxygen atoms in total. The van der Waals surface area contributed by atoms with Crippen LogP contribution in [0.4, 0.5) is 4.79 Å². The van der Waals surface area contributed by atoms with E-state index in [-0.39, 0.29) is 24.7 Å². The highest BCUT2D eigenvalue weighted by Gasteiger charge is 2.50. The minimum atomic E-state index is -0.859. The Bertz CT molecular complexity index is 764. The summed E-state index contributed by atoms with van der Waals surface area (Å²) in [6.45, 7) is 0.816. The second-order valence-electron chi connectivity index (χ2n) is 7.73. The number of carbonyl (C=O) groups excluding carboxylic acids is 1. The lowest BCUT2D eigenvalue weighted by atomic mass is 9.66. The van der Waals surface area contributed by atoms with Gasteiger partial charge >= 0.3 is 6.09 Å². The molecule has 0 aromatic heterocycles. The first kappa shape index (κ1) is 18.1. The highest BCUT2D eigenvalue weighted by molar-refractivity contribution is 5.68. The largest absolute Gasteiger partial charge is 0.445 e. The molecule has 1 saturated carbocycles. The molecule has 4 heteroatoms. The Kier molecular flexibility index (Phi) is 5.17. The highest BCUT2D eigenvalue weighted by Crippen LogP contribution is 2.47. The zero-order valence-corrected chi connectivity index (χ0v) is 15.6. The van der Waals surface area contributed by atoms with Gasteiger partial charge in [-0.25, -0.2) is 4.79 Å². The fourth-order valence-corrected chi connectivity index (χ4v) is 4.80. The molecule has 0 spiro atoms. The van der Waals surface area contributed by atoms with Crippen molar-refractivity contribution in [3.8, 4) is 0 Å². The number of carbonyl (C=O) groups is 1. The third-order valence-corrected chi connectivity index (χ3v) is 6.19. The molecule has 2 aromatic rings. The predicted octanol–water partition coefficient (Wildman–Crippen LogP) is 4.48. The first-order valence-electron chi connectivity index (χ1n) is 9.94. The normalized spacial score (nSPS) is 27.7. The lowest BCUT2D eigenvalue weighted by molar-refractivity contribution is -0.114. The summed E-state index contributed by atoms with van der Waals surface area (Å²) in [6, 6.07) is 19.8. The van der Waals surface area contributed by atoms with Crippen LogP contribution < -0.4 is 0 Å². The van der Waals surface area contributed by atoms with E-state index in [1.54, 1.807) is 0 Å². The van der Waals surface area contributed by atoms with Crippen LogP contribution in [0.25, 0.3) is 0 Å². The molecule has 2 fully saturated rings. The van der Waals surface area contributed by atoms with Gasteiger partial charge in [0, 0.05) is 18.5 Å². The van der Waals surface area contributed by atoms with Crippen LogP contribution in [0.5, 0.6) is 0 Å². The molecule has 1 aliphatic heterocycles. The van der Waals surface area contributed by atoms with Gasteiger partial charge in [0.1, 0.15) is 6.61 Å². The molecular formula is C23H27NO3. The lowest BCUT2D eigenvalue weighted by Crippen LogP contribution is -2.59. The van der Waals surface area contributed by atoms with Crippen LogP contribution in [0.3, 0.4) is 0 Å². The molecule has 2 aromatic carbocycles. The van der Waals surface area contributed by atoms with Gasteiger partial charge in [-0.2, -0.15) is 0 Å². The lowest BCUT2D eigenvalue weighted by Gasteiger charge is -2.52. The van der Waals surface area contributed by atoms with Gasteiger partial charge in [0.05, 0.1) is 5.60 Å². The smallest absolute Gasteiger partial charge is 0.410 e. The van der Waals surface area contributed by atoms with E-state index in [0.717, 1.165) is 36.8 Å². The van der Waals surface area contributed by atoms with Crippen molar-refractivity contribution in [2.75, 3.05) is 6.54 Å². The summed E-state index contributed by atoms with van der Waals surface area (Å²) in [5, 5.41) is 11.6. The number of likely N-dealkylation sites (tertiary alicyclic amines) is 1. The Hall–Kier alpha value is -2.33. The van der Waals surface area contributed by atoms with Crippen molar-refractivity contribution in [3.05, 3.63) is 71.8 Å². The van der Waals surface area contributed by atoms with Gasteiger partial charge in [-0.05, 0) is 30.4 Å². The zero-order chi connectivity index (χ0) is 18.7. The van der Waals surface area contributed by atoms with Gasteiger partial charge in [0.2, 0.25) is 0 Å². The van der Waals surface area contributed by atoms with Gasteiger partial charge in [-0.1, -0.05) is 73.5 Å². The van der Waals surface area contributed by atoms with Crippen molar-refractivity contribution in [1.29, 1.82) is 0 Å². The Morgan fingerprint density at radius 3 is 2.44 bits per heavy atom. The van der Waals surface area contributed by atoms with E-state index in [4.69, 9.17) is 4.74 Å². The maximum atomic E-state index is 12.8. The minimum absolute atomic E-state index is 0.0426. The number of amides is 1. The van der Waals surface area contributed by atoms with Gasteiger partial charge in [0.25, 0.3) is 0 Å². The minimum Gasteiger partial charge on any atom is -0.445 e. The van der Waals surface area contributed by atoms with Crippen LogP contribution in [0.1, 0.15) is 43.2 Å². The van der Waals surface area contributed by atoms with E-state index >= 15 is 0 Å². The van der Waals surface area contributed by atoms with Gasteiger partial charge < -0.3 is 14.7 Å². The van der Waals surface area contributed by atoms with Gasteiger partial charge in [-0.3, -0.25) is 0 Å². The summed E-state index contributed by atoms with van der Waals surface area (Å²) < 4.78 is 5.60. The number of fused-ring (bicyclic) bond motifs is 1. The van der Waals surface area contributed by atoms with Crippen LogP contribution in [0.2, 0.25) is 0 Å². The first-order valence-corrected chi connectivity index (χ1v) is 9.94. The number of hydrogen-bond donors (Lipinski definition) is 1. The summed E-state index contributed by atoms with van der Waals surface area (Å²) in [5.41, 5.74) is 1.10. The van der Waals surface area contributed by atoms with Crippen molar-refractivity contribution in [1.82, 2.24) is 4.90 Å². The van der Waals surface area contributed by atoms with Crippen molar-refractivity contribution < 1.29 is 14.6 Å². The second kappa shape index (κ2) is 7.73. The zero-order valence-electron chi connectivity index (χ0n) is 15.6. The third-order valence-electron chi connectivity index (χ3n) is 6.19. The molecular weight excluding hydrogens is 338 g/mol. The standard InChI is InChI=1S/C23H27NO3/c25-22(27-17-18-9-3-1-4-10-18)24-16-15-23(26,19-11-5-2-6-12-19)20-13-7-8-14-21(20)24/h1-6,9-12,20-21,26H,7-8,13-17H2/t20-,21+,23-/m0/s1. The van der Waals surface area contributed by atoms with Crippen LogP contribution in [-0.2, 0) is 16.9 Å². The fraction of sp³-hybridized carbons (Fsp3) is 0.435. The number of rotatable bonds is 3. The molecule has 0 unspecified atom stereocenters. The number of piperidine rings is 1. The van der Waals surface area contributed by atoms with E-state index in [0.29, 0.717) is 13.0 Å². The van der Waals surface area contributed by atoms with Crippen LogP contribution in [0.15, 0.2) is 60.7 Å². The quantitative estimate of drug-likeness (QED) is 0.873.